The van der Waals surface area contributed by atoms with E-state index in [0.717, 1.165) is 41.9 Å². The van der Waals surface area contributed by atoms with E-state index in [4.69, 9.17) is 0 Å². The lowest BCUT2D eigenvalue weighted by Gasteiger charge is -2.16. The third-order valence-corrected chi connectivity index (χ3v) is 5.52. The minimum atomic E-state index is 0.301. The van der Waals surface area contributed by atoms with Crippen LogP contribution < -0.4 is 0 Å². The molecular weight excluding hydrogens is 386 g/mol. The van der Waals surface area contributed by atoms with E-state index in [1.54, 1.807) is 0 Å². The molecule has 5 rings (SSSR count). The Balaban J connectivity index is 1.26. The molecule has 154 valence electrons. The quantitative estimate of drug-likeness (QED) is 0.484. The highest BCUT2D eigenvalue weighted by Gasteiger charge is 2.18. The van der Waals surface area contributed by atoms with Gasteiger partial charge >= 0.3 is 0 Å². The maximum atomic E-state index is 4.64. The van der Waals surface area contributed by atoms with Gasteiger partial charge in [0.15, 0.2) is 5.82 Å². The summed E-state index contributed by atoms with van der Waals surface area (Å²) in [6, 6.07) is 4.07. The molecule has 0 aromatic carbocycles. The molecule has 0 aliphatic heterocycles. The van der Waals surface area contributed by atoms with Crippen molar-refractivity contribution in [1.82, 2.24) is 34.5 Å². The fraction of sp³-hybridized carbons (Fsp3) is 0.208. The van der Waals surface area contributed by atoms with Crippen LogP contribution in [0.2, 0.25) is 0 Å². The Hall–Kier alpha value is -3.87. The van der Waals surface area contributed by atoms with E-state index >= 15 is 0 Å². The topological polar surface area (TPSA) is 74.3 Å². The van der Waals surface area contributed by atoms with Gasteiger partial charge in [0.1, 0.15) is 0 Å². The number of hydrogen-bond donors (Lipinski definition) is 0. The lowest BCUT2D eigenvalue weighted by Crippen LogP contribution is -2.03. The molecular formula is C24H23N7. The summed E-state index contributed by atoms with van der Waals surface area (Å²) in [4.78, 5) is 13.3. The van der Waals surface area contributed by atoms with Crippen LogP contribution >= 0.6 is 0 Å². The molecule has 0 bridgehead atoms. The Labute approximate surface area is 180 Å². The Morgan fingerprint density at radius 1 is 0.968 bits per heavy atom. The molecule has 7 nitrogen and oxygen atoms in total. The second-order valence-electron chi connectivity index (χ2n) is 7.73. The highest BCUT2D eigenvalue weighted by atomic mass is 15.3. The normalized spacial score (nSPS) is 15.8. The van der Waals surface area contributed by atoms with E-state index in [-0.39, 0.29) is 0 Å². The van der Waals surface area contributed by atoms with Gasteiger partial charge in [-0.25, -0.2) is 9.97 Å². The van der Waals surface area contributed by atoms with Crippen LogP contribution in [0, 0.1) is 0 Å². The number of hydrogen-bond acceptors (Lipinski definition) is 5. The zero-order valence-electron chi connectivity index (χ0n) is 17.3. The van der Waals surface area contributed by atoms with Gasteiger partial charge in [0.05, 0.1) is 12.4 Å². The van der Waals surface area contributed by atoms with Crippen molar-refractivity contribution in [3.8, 4) is 11.1 Å². The van der Waals surface area contributed by atoms with E-state index in [0.29, 0.717) is 5.92 Å². The lowest BCUT2D eigenvalue weighted by atomic mass is 9.89. The van der Waals surface area contributed by atoms with Crippen molar-refractivity contribution >= 4 is 5.57 Å². The van der Waals surface area contributed by atoms with Gasteiger partial charge in [-0.05, 0) is 41.7 Å². The molecule has 1 atom stereocenters. The molecule has 0 N–H and O–H groups in total. The molecule has 1 aliphatic rings. The van der Waals surface area contributed by atoms with Crippen LogP contribution in [0.3, 0.4) is 0 Å². The minimum Gasteiger partial charge on any atom is -0.276 e. The number of rotatable bonds is 6. The molecule has 31 heavy (non-hydrogen) atoms. The van der Waals surface area contributed by atoms with E-state index in [9.17, 15) is 0 Å². The third-order valence-electron chi connectivity index (χ3n) is 5.52. The van der Waals surface area contributed by atoms with Crippen LogP contribution in [0.25, 0.3) is 16.7 Å². The molecule has 1 aliphatic carbocycles. The first kappa shape index (κ1) is 19.1. The van der Waals surface area contributed by atoms with Gasteiger partial charge in [0.25, 0.3) is 0 Å². The molecule has 4 aromatic rings. The zero-order chi connectivity index (χ0) is 21.0. The first-order chi connectivity index (χ1) is 15.2. The maximum absolute atomic E-state index is 4.64. The first-order valence-electron chi connectivity index (χ1n) is 10.3. The predicted molar refractivity (Wildman–Crippen MR) is 119 cm³/mol. The molecule has 0 saturated heterocycles. The van der Waals surface area contributed by atoms with E-state index < -0.39 is 0 Å². The van der Waals surface area contributed by atoms with Gasteiger partial charge in [-0.2, -0.15) is 10.2 Å². The SMILES string of the molecule is Cn1cc(C2C=CC=C(c3ncc(-c4cnn(CCc5ccncc5)c4)cn3)C2)cn1. The molecule has 0 saturated carbocycles. The molecule has 4 heterocycles. The Morgan fingerprint density at radius 3 is 2.58 bits per heavy atom. The van der Waals surface area contributed by atoms with Crippen LogP contribution in [0.4, 0.5) is 0 Å². The van der Waals surface area contributed by atoms with E-state index in [1.165, 1.54) is 11.1 Å². The van der Waals surface area contributed by atoms with Gasteiger partial charge < -0.3 is 0 Å². The monoisotopic (exact) mass is 409 g/mol. The van der Waals surface area contributed by atoms with Crippen molar-refractivity contribution < 1.29 is 0 Å². The highest BCUT2D eigenvalue weighted by Crippen LogP contribution is 2.32. The number of aryl methyl sites for hydroxylation is 3. The summed E-state index contributed by atoms with van der Waals surface area (Å²) in [6.45, 7) is 0.817. The van der Waals surface area contributed by atoms with Crippen molar-refractivity contribution in [2.24, 2.45) is 7.05 Å². The summed E-state index contributed by atoms with van der Waals surface area (Å²) >= 11 is 0. The van der Waals surface area contributed by atoms with Crippen molar-refractivity contribution in [2.45, 2.75) is 25.3 Å². The number of pyridine rings is 1. The average molecular weight is 409 g/mol. The lowest BCUT2D eigenvalue weighted by molar-refractivity contribution is 0.615. The molecule has 0 radical (unpaired) electrons. The second-order valence-corrected chi connectivity index (χ2v) is 7.73. The Morgan fingerprint density at radius 2 is 1.81 bits per heavy atom. The van der Waals surface area contributed by atoms with Crippen LogP contribution in [-0.2, 0) is 20.0 Å². The number of nitrogens with zero attached hydrogens (tertiary/aromatic N) is 7. The standard InChI is InChI=1S/C24H23N7/c1-30-16-22(14-28-30)19-3-2-4-20(11-19)24-26-12-21(13-27-24)23-15-29-31(17-23)10-7-18-5-8-25-9-6-18/h2-6,8-9,12-17,19H,7,10-11H2,1H3. The maximum Gasteiger partial charge on any atom is 0.155 e. The third kappa shape index (κ3) is 4.35. The summed E-state index contributed by atoms with van der Waals surface area (Å²) in [5.41, 5.74) is 5.58. The molecule has 0 amide bonds. The first-order valence-corrected chi connectivity index (χ1v) is 10.3. The van der Waals surface area contributed by atoms with Crippen molar-refractivity contribution in [3.63, 3.8) is 0 Å². The fourth-order valence-electron chi connectivity index (χ4n) is 3.78. The smallest absolute Gasteiger partial charge is 0.155 e. The Kier molecular flexibility index (Phi) is 5.22. The van der Waals surface area contributed by atoms with Gasteiger partial charge in [-0.1, -0.05) is 18.2 Å². The van der Waals surface area contributed by atoms with Crippen LogP contribution in [0.5, 0.6) is 0 Å². The summed E-state index contributed by atoms with van der Waals surface area (Å²) in [5, 5.41) is 8.77. The molecule has 7 heteroatoms. The second kappa shape index (κ2) is 8.47. The van der Waals surface area contributed by atoms with Crippen molar-refractivity contribution in [2.75, 3.05) is 0 Å². The zero-order valence-corrected chi connectivity index (χ0v) is 17.3. The summed E-state index contributed by atoms with van der Waals surface area (Å²) < 4.78 is 3.79. The predicted octanol–water partition coefficient (Wildman–Crippen LogP) is 3.84. The van der Waals surface area contributed by atoms with E-state index in [1.807, 2.05) is 71.9 Å². The van der Waals surface area contributed by atoms with Crippen molar-refractivity contribution in [3.05, 3.63) is 96.9 Å². The van der Waals surface area contributed by atoms with Gasteiger partial charge in [-0.3, -0.25) is 14.3 Å². The minimum absolute atomic E-state index is 0.301. The highest BCUT2D eigenvalue weighted by molar-refractivity contribution is 5.66. The summed E-state index contributed by atoms with van der Waals surface area (Å²) in [5.74, 6) is 1.07. The van der Waals surface area contributed by atoms with Gasteiger partial charge in [-0.15, -0.1) is 0 Å². The van der Waals surface area contributed by atoms with E-state index in [2.05, 4.69) is 49.6 Å². The fourth-order valence-corrected chi connectivity index (χ4v) is 3.78. The Bertz CT molecular complexity index is 1220. The molecule has 4 aromatic heterocycles. The molecule has 0 spiro atoms. The molecule has 1 unspecified atom stereocenters. The largest absolute Gasteiger partial charge is 0.276 e. The van der Waals surface area contributed by atoms with Crippen LogP contribution in [0.15, 0.2) is 79.9 Å². The number of aromatic nitrogens is 7. The van der Waals surface area contributed by atoms with Crippen LogP contribution in [-0.4, -0.2) is 34.5 Å². The van der Waals surface area contributed by atoms with Gasteiger partial charge in [0, 0.05) is 67.8 Å². The van der Waals surface area contributed by atoms with Crippen molar-refractivity contribution in [1.29, 1.82) is 0 Å². The average Bonchev–Trinajstić information content (AvgIpc) is 3.48. The molecule has 0 fully saturated rings. The summed E-state index contributed by atoms with van der Waals surface area (Å²) in [6.07, 6.45) is 23.5. The summed E-state index contributed by atoms with van der Waals surface area (Å²) in [7, 11) is 1.94. The van der Waals surface area contributed by atoms with Crippen LogP contribution in [0.1, 0.15) is 29.3 Å². The number of allylic oxidation sites excluding steroid dienone is 4. The van der Waals surface area contributed by atoms with Gasteiger partial charge in [0.2, 0.25) is 0 Å².